The highest BCUT2D eigenvalue weighted by molar-refractivity contribution is 5.92. The fourth-order valence-corrected chi connectivity index (χ4v) is 1.77. The highest BCUT2D eigenvalue weighted by Gasteiger charge is 2.09. The highest BCUT2D eigenvalue weighted by atomic mass is 16.4. The monoisotopic (exact) mass is 257 g/mol. The average Bonchev–Trinajstić information content (AvgIpc) is 2.38. The van der Waals surface area contributed by atoms with E-state index < -0.39 is 11.9 Å². The molecule has 0 amide bonds. The summed E-state index contributed by atoms with van der Waals surface area (Å²) in [6.07, 6.45) is 0. The van der Waals surface area contributed by atoms with E-state index in [-0.39, 0.29) is 11.1 Å². The minimum absolute atomic E-state index is 0.0655. The van der Waals surface area contributed by atoms with E-state index in [4.69, 9.17) is 15.9 Å². The minimum atomic E-state index is -1.08. The van der Waals surface area contributed by atoms with Gasteiger partial charge in [0.15, 0.2) is 0 Å². The molecule has 96 valence electrons. The summed E-state index contributed by atoms with van der Waals surface area (Å²) >= 11 is 0. The van der Waals surface area contributed by atoms with Gasteiger partial charge in [-0.1, -0.05) is 12.1 Å². The number of hydrogen-bond donors (Lipinski definition) is 3. The summed E-state index contributed by atoms with van der Waals surface area (Å²) in [6.45, 7) is 0. The molecule has 2 aromatic carbocycles. The van der Waals surface area contributed by atoms with Crippen LogP contribution in [0.1, 0.15) is 20.7 Å². The summed E-state index contributed by atoms with van der Waals surface area (Å²) in [5.41, 5.74) is 7.35. The van der Waals surface area contributed by atoms with Crippen molar-refractivity contribution in [2.45, 2.75) is 0 Å². The minimum Gasteiger partial charge on any atom is -0.478 e. The molecule has 2 rings (SSSR count). The van der Waals surface area contributed by atoms with Gasteiger partial charge in [-0.3, -0.25) is 0 Å². The van der Waals surface area contributed by atoms with Gasteiger partial charge in [-0.25, -0.2) is 9.59 Å². The maximum absolute atomic E-state index is 11.0. The number of benzene rings is 2. The molecular formula is C14H11NO4. The lowest BCUT2D eigenvalue weighted by Crippen LogP contribution is -1.99. The van der Waals surface area contributed by atoms with Crippen molar-refractivity contribution in [3.63, 3.8) is 0 Å². The van der Waals surface area contributed by atoms with Crippen LogP contribution in [0.5, 0.6) is 0 Å². The summed E-state index contributed by atoms with van der Waals surface area (Å²) in [7, 11) is 0. The van der Waals surface area contributed by atoms with E-state index in [1.54, 1.807) is 18.2 Å². The van der Waals surface area contributed by atoms with E-state index >= 15 is 0 Å². The van der Waals surface area contributed by atoms with Crippen molar-refractivity contribution >= 4 is 17.6 Å². The highest BCUT2D eigenvalue weighted by Crippen LogP contribution is 2.24. The summed E-state index contributed by atoms with van der Waals surface area (Å²) < 4.78 is 0. The zero-order valence-corrected chi connectivity index (χ0v) is 9.83. The third-order valence-electron chi connectivity index (χ3n) is 2.65. The molecule has 0 saturated carbocycles. The number of carboxylic acids is 2. The average molecular weight is 257 g/mol. The second-order valence-corrected chi connectivity index (χ2v) is 4.03. The van der Waals surface area contributed by atoms with Crippen molar-refractivity contribution in [2.75, 3.05) is 5.73 Å². The van der Waals surface area contributed by atoms with E-state index in [2.05, 4.69) is 0 Å². The molecule has 2 aromatic rings. The number of nitrogen functional groups attached to an aromatic ring is 1. The van der Waals surface area contributed by atoms with E-state index in [0.717, 1.165) is 0 Å². The number of aromatic carboxylic acids is 2. The van der Waals surface area contributed by atoms with Crippen LogP contribution >= 0.6 is 0 Å². The van der Waals surface area contributed by atoms with Crippen LogP contribution in [0.4, 0.5) is 5.69 Å². The summed E-state index contributed by atoms with van der Waals surface area (Å²) in [4.78, 5) is 21.9. The molecule has 0 unspecified atom stereocenters. The molecule has 0 aliphatic heterocycles. The van der Waals surface area contributed by atoms with Crippen LogP contribution in [0.3, 0.4) is 0 Å². The fourth-order valence-electron chi connectivity index (χ4n) is 1.77. The fraction of sp³-hybridized carbons (Fsp3) is 0. The first-order valence-corrected chi connectivity index (χ1v) is 5.45. The van der Waals surface area contributed by atoms with Gasteiger partial charge in [0, 0.05) is 5.69 Å². The Labute approximate surface area is 108 Å². The Bertz CT molecular complexity index is 664. The Morgan fingerprint density at radius 2 is 1.47 bits per heavy atom. The molecule has 19 heavy (non-hydrogen) atoms. The zero-order chi connectivity index (χ0) is 14.0. The van der Waals surface area contributed by atoms with Crippen LogP contribution in [0.2, 0.25) is 0 Å². The van der Waals surface area contributed by atoms with Crippen LogP contribution in [-0.2, 0) is 0 Å². The Morgan fingerprint density at radius 1 is 0.842 bits per heavy atom. The van der Waals surface area contributed by atoms with Crippen LogP contribution in [0.25, 0.3) is 11.1 Å². The Balaban J connectivity index is 2.55. The van der Waals surface area contributed by atoms with Gasteiger partial charge in [-0.05, 0) is 41.5 Å². The molecule has 0 atom stereocenters. The second kappa shape index (κ2) is 4.81. The van der Waals surface area contributed by atoms with E-state index in [1.165, 1.54) is 24.3 Å². The number of rotatable bonds is 3. The SMILES string of the molecule is Nc1cc(C(=O)O)cc(-c2cccc(C(=O)O)c2)c1. The van der Waals surface area contributed by atoms with Gasteiger partial charge in [-0.2, -0.15) is 0 Å². The molecule has 5 heteroatoms. The molecule has 0 bridgehead atoms. The molecule has 0 aliphatic rings. The van der Waals surface area contributed by atoms with Crippen molar-refractivity contribution in [3.05, 3.63) is 53.6 Å². The number of carboxylic acid groups (broad SMARTS) is 2. The molecule has 0 aliphatic carbocycles. The first-order chi connectivity index (χ1) is 8.97. The first-order valence-electron chi connectivity index (χ1n) is 5.45. The Morgan fingerprint density at radius 3 is 2.11 bits per heavy atom. The van der Waals surface area contributed by atoms with Gasteiger partial charge in [0.25, 0.3) is 0 Å². The quantitative estimate of drug-likeness (QED) is 0.732. The summed E-state index contributed by atoms with van der Waals surface area (Å²) in [6, 6.07) is 10.7. The van der Waals surface area contributed by atoms with Gasteiger partial charge in [0.1, 0.15) is 0 Å². The lowest BCUT2D eigenvalue weighted by molar-refractivity contribution is 0.0686. The largest absolute Gasteiger partial charge is 0.478 e. The molecular weight excluding hydrogens is 246 g/mol. The smallest absolute Gasteiger partial charge is 0.335 e. The molecule has 0 aromatic heterocycles. The first kappa shape index (κ1) is 12.6. The Hall–Kier alpha value is -2.82. The van der Waals surface area contributed by atoms with Crippen molar-refractivity contribution < 1.29 is 19.8 Å². The maximum Gasteiger partial charge on any atom is 0.335 e. The molecule has 0 saturated heterocycles. The second-order valence-electron chi connectivity index (χ2n) is 4.03. The van der Waals surface area contributed by atoms with Crippen molar-refractivity contribution in [3.8, 4) is 11.1 Å². The van der Waals surface area contributed by atoms with E-state index in [1.807, 2.05) is 0 Å². The van der Waals surface area contributed by atoms with E-state index in [9.17, 15) is 9.59 Å². The summed E-state index contributed by atoms with van der Waals surface area (Å²) in [5.74, 6) is -2.12. The van der Waals surface area contributed by atoms with Crippen LogP contribution in [0.15, 0.2) is 42.5 Å². The molecule has 0 fully saturated rings. The van der Waals surface area contributed by atoms with E-state index in [0.29, 0.717) is 16.8 Å². The van der Waals surface area contributed by atoms with Gasteiger partial charge in [-0.15, -0.1) is 0 Å². The van der Waals surface area contributed by atoms with Crippen molar-refractivity contribution in [1.29, 1.82) is 0 Å². The van der Waals surface area contributed by atoms with Gasteiger partial charge >= 0.3 is 11.9 Å². The van der Waals surface area contributed by atoms with Gasteiger partial charge < -0.3 is 15.9 Å². The normalized spacial score (nSPS) is 10.1. The number of nitrogens with two attached hydrogens (primary N) is 1. The van der Waals surface area contributed by atoms with Crippen LogP contribution in [0, 0.1) is 0 Å². The zero-order valence-electron chi connectivity index (χ0n) is 9.83. The molecule has 5 nitrogen and oxygen atoms in total. The predicted molar refractivity (Wildman–Crippen MR) is 70.2 cm³/mol. The molecule has 0 radical (unpaired) electrons. The third kappa shape index (κ3) is 2.71. The predicted octanol–water partition coefficient (Wildman–Crippen LogP) is 2.33. The number of hydrogen-bond acceptors (Lipinski definition) is 3. The van der Waals surface area contributed by atoms with Crippen molar-refractivity contribution in [2.24, 2.45) is 0 Å². The molecule has 0 spiro atoms. The van der Waals surface area contributed by atoms with Gasteiger partial charge in [0.2, 0.25) is 0 Å². The topological polar surface area (TPSA) is 101 Å². The molecule has 0 heterocycles. The lowest BCUT2D eigenvalue weighted by atomic mass is 10.0. The standard InChI is InChI=1S/C14H11NO4/c15-12-6-10(5-11(7-12)14(18)19)8-2-1-3-9(4-8)13(16)17/h1-7H,15H2,(H,16,17)(H,18,19). The van der Waals surface area contributed by atoms with Crippen LogP contribution < -0.4 is 5.73 Å². The Kier molecular flexibility index (Phi) is 3.20. The van der Waals surface area contributed by atoms with Crippen molar-refractivity contribution in [1.82, 2.24) is 0 Å². The maximum atomic E-state index is 11.0. The molecule has 4 N–H and O–H groups in total. The van der Waals surface area contributed by atoms with Crippen LogP contribution in [-0.4, -0.2) is 22.2 Å². The lowest BCUT2D eigenvalue weighted by Gasteiger charge is -2.06. The third-order valence-corrected chi connectivity index (χ3v) is 2.65. The van der Waals surface area contributed by atoms with Gasteiger partial charge in [0.05, 0.1) is 11.1 Å². The summed E-state index contributed by atoms with van der Waals surface area (Å²) in [5, 5.41) is 17.9. The number of anilines is 1. The number of carbonyl (C=O) groups is 2.